The molecule has 0 saturated heterocycles. The van der Waals surface area contributed by atoms with Crippen LogP contribution >= 0.6 is 0 Å². The molecule has 1 aliphatic carbocycles. The quantitative estimate of drug-likeness (QED) is 0.685. The SMILES string of the molecule is CN1C(=O)C2(C(C#N)=C(N)N(c3ccc(C(F)(F)F)cc3)C3=C2C(=O)CCC3)c2ccccc21. The summed E-state index contributed by atoms with van der Waals surface area (Å²) in [5.74, 6) is -0.811. The van der Waals surface area contributed by atoms with Crippen LogP contribution in [0.15, 0.2) is 71.2 Å². The van der Waals surface area contributed by atoms with Crippen molar-refractivity contribution in [2.45, 2.75) is 30.9 Å². The number of fused-ring (bicyclic) bond motifs is 3. The van der Waals surface area contributed by atoms with Crippen LogP contribution in [0.4, 0.5) is 24.5 Å². The minimum Gasteiger partial charge on any atom is -0.384 e. The van der Waals surface area contributed by atoms with Crippen molar-refractivity contribution in [3.05, 3.63) is 82.3 Å². The van der Waals surface area contributed by atoms with Crippen LogP contribution in [0.3, 0.4) is 0 Å². The number of benzene rings is 2. The van der Waals surface area contributed by atoms with Crippen LogP contribution in [0.5, 0.6) is 0 Å². The van der Waals surface area contributed by atoms with Gasteiger partial charge in [-0.2, -0.15) is 18.4 Å². The van der Waals surface area contributed by atoms with Crippen molar-refractivity contribution in [3.8, 4) is 6.07 Å². The van der Waals surface area contributed by atoms with Crippen LogP contribution in [0.1, 0.15) is 30.4 Å². The highest BCUT2D eigenvalue weighted by Crippen LogP contribution is 2.56. The summed E-state index contributed by atoms with van der Waals surface area (Å²) < 4.78 is 39.3. The van der Waals surface area contributed by atoms with Crippen molar-refractivity contribution in [1.29, 1.82) is 5.26 Å². The first kappa shape index (κ1) is 21.8. The van der Waals surface area contributed by atoms with E-state index in [0.29, 0.717) is 29.8 Å². The van der Waals surface area contributed by atoms with Crippen molar-refractivity contribution in [3.63, 3.8) is 0 Å². The fourth-order valence-electron chi connectivity index (χ4n) is 5.33. The number of allylic oxidation sites excluding steroid dienone is 1. The lowest BCUT2D eigenvalue weighted by Crippen LogP contribution is -2.52. The normalized spacial score (nSPS) is 22.3. The average molecular weight is 464 g/mol. The molecule has 2 aromatic carbocycles. The fraction of sp³-hybridized carbons (Fsp3) is 0.240. The lowest BCUT2D eigenvalue weighted by molar-refractivity contribution is -0.137. The fourth-order valence-corrected chi connectivity index (χ4v) is 5.33. The van der Waals surface area contributed by atoms with Gasteiger partial charge >= 0.3 is 6.18 Å². The number of para-hydroxylation sites is 1. The zero-order valence-electron chi connectivity index (χ0n) is 18.1. The van der Waals surface area contributed by atoms with Crippen molar-refractivity contribution in [2.24, 2.45) is 5.73 Å². The van der Waals surface area contributed by atoms with E-state index in [0.717, 1.165) is 12.1 Å². The third kappa shape index (κ3) is 2.68. The highest BCUT2D eigenvalue weighted by Gasteiger charge is 2.61. The lowest BCUT2D eigenvalue weighted by Gasteiger charge is -2.43. The number of rotatable bonds is 1. The zero-order valence-corrected chi connectivity index (χ0v) is 18.1. The lowest BCUT2D eigenvalue weighted by atomic mass is 9.64. The molecule has 6 nitrogen and oxygen atoms in total. The summed E-state index contributed by atoms with van der Waals surface area (Å²) in [5, 5.41) is 10.2. The molecule has 2 heterocycles. The van der Waals surface area contributed by atoms with Gasteiger partial charge < -0.3 is 10.6 Å². The average Bonchev–Trinajstić information content (AvgIpc) is 3.02. The van der Waals surface area contributed by atoms with Gasteiger partial charge in [-0.05, 0) is 43.2 Å². The molecule has 0 aromatic heterocycles. The van der Waals surface area contributed by atoms with E-state index >= 15 is 0 Å². The molecule has 0 bridgehead atoms. The number of hydrogen-bond acceptors (Lipinski definition) is 5. The number of anilines is 2. The van der Waals surface area contributed by atoms with Crippen molar-refractivity contribution >= 4 is 23.1 Å². The predicted molar refractivity (Wildman–Crippen MR) is 118 cm³/mol. The number of nitriles is 1. The summed E-state index contributed by atoms with van der Waals surface area (Å²) in [6.45, 7) is 0. The maximum atomic E-state index is 13.8. The molecule has 2 aromatic rings. The number of Topliss-reactive ketones (excluding diaryl/α,β-unsaturated/α-hetero) is 1. The Balaban J connectivity index is 1.82. The van der Waals surface area contributed by atoms with E-state index in [2.05, 4.69) is 6.07 Å². The number of alkyl halides is 3. The van der Waals surface area contributed by atoms with Crippen molar-refractivity contribution in [1.82, 2.24) is 0 Å². The van der Waals surface area contributed by atoms with Gasteiger partial charge in [-0.3, -0.25) is 14.5 Å². The number of carbonyl (C=O) groups is 2. The largest absolute Gasteiger partial charge is 0.416 e. The molecular weight excluding hydrogens is 445 g/mol. The molecule has 9 heteroatoms. The van der Waals surface area contributed by atoms with E-state index in [9.17, 15) is 28.0 Å². The molecule has 2 N–H and O–H groups in total. The Bertz CT molecular complexity index is 1350. The summed E-state index contributed by atoms with van der Waals surface area (Å²) in [6, 6.07) is 13.4. The number of amides is 1. The van der Waals surface area contributed by atoms with Gasteiger partial charge in [0.2, 0.25) is 5.91 Å². The second-order valence-electron chi connectivity index (χ2n) is 8.48. The first-order valence-corrected chi connectivity index (χ1v) is 10.7. The van der Waals surface area contributed by atoms with Gasteiger partial charge in [0.1, 0.15) is 17.3 Å². The smallest absolute Gasteiger partial charge is 0.384 e. The Labute approximate surface area is 193 Å². The van der Waals surface area contributed by atoms with Gasteiger partial charge in [0.05, 0.1) is 11.1 Å². The maximum Gasteiger partial charge on any atom is 0.416 e. The Morgan fingerprint density at radius 2 is 1.74 bits per heavy atom. The van der Waals surface area contributed by atoms with Crippen LogP contribution in [0, 0.1) is 11.3 Å². The monoisotopic (exact) mass is 464 g/mol. The highest BCUT2D eigenvalue weighted by atomic mass is 19.4. The minimum absolute atomic E-state index is 0.0749. The minimum atomic E-state index is -4.51. The van der Waals surface area contributed by atoms with Crippen LogP contribution in [-0.4, -0.2) is 18.7 Å². The van der Waals surface area contributed by atoms with Crippen LogP contribution in [0.2, 0.25) is 0 Å². The number of hydrogen-bond donors (Lipinski definition) is 1. The molecule has 0 radical (unpaired) electrons. The number of halogens is 3. The first-order chi connectivity index (χ1) is 16.1. The molecule has 34 heavy (non-hydrogen) atoms. The van der Waals surface area contributed by atoms with E-state index in [1.165, 1.54) is 21.9 Å². The van der Waals surface area contributed by atoms with Gasteiger partial charge in [-0.25, -0.2) is 0 Å². The molecule has 2 aliphatic heterocycles. The standard InChI is InChI=1S/C25H19F3N4O2/c1-31-18-6-3-2-5-16(18)24(23(31)34)17(13-29)22(30)32(19-7-4-8-20(33)21(19)24)15-11-9-14(10-12-15)25(26,27)28/h2-3,5-6,9-12H,4,7-8,30H2,1H3. The van der Waals surface area contributed by atoms with Gasteiger partial charge in [0.15, 0.2) is 5.78 Å². The second-order valence-corrected chi connectivity index (χ2v) is 8.48. The summed E-state index contributed by atoms with van der Waals surface area (Å²) in [7, 11) is 1.58. The Morgan fingerprint density at radius 1 is 1.06 bits per heavy atom. The first-order valence-electron chi connectivity index (χ1n) is 10.7. The Kier molecular flexibility index (Phi) is 4.62. The van der Waals surface area contributed by atoms with Gasteiger partial charge in [-0.15, -0.1) is 0 Å². The maximum absolute atomic E-state index is 13.8. The molecule has 5 rings (SSSR count). The third-order valence-corrected chi connectivity index (χ3v) is 6.76. The number of nitrogens with two attached hydrogens (primary N) is 1. The number of carbonyl (C=O) groups excluding carboxylic acids is 2. The van der Waals surface area contributed by atoms with E-state index < -0.39 is 23.1 Å². The summed E-state index contributed by atoms with van der Waals surface area (Å²) in [4.78, 5) is 30.1. The van der Waals surface area contributed by atoms with E-state index in [-0.39, 0.29) is 34.9 Å². The highest BCUT2D eigenvalue weighted by molar-refractivity contribution is 6.20. The molecule has 1 atom stereocenters. The van der Waals surface area contributed by atoms with Gasteiger partial charge in [0, 0.05) is 41.7 Å². The Hall–Kier alpha value is -4.06. The van der Waals surface area contributed by atoms with Crippen LogP contribution in [-0.2, 0) is 21.2 Å². The van der Waals surface area contributed by atoms with Crippen LogP contribution < -0.4 is 15.5 Å². The second kappa shape index (κ2) is 7.22. The molecule has 1 amide bonds. The third-order valence-electron chi connectivity index (χ3n) is 6.76. The van der Waals surface area contributed by atoms with Gasteiger partial charge in [-0.1, -0.05) is 18.2 Å². The molecule has 172 valence electrons. The molecular formula is C25H19F3N4O2. The molecule has 3 aliphatic rings. The Morgan fingerprint density at radius 3 is 2.38 bits per heavy atom. The molecule has 1 spiro atoms. The van der Waals surface area contributed by atoms with Crippen molar-refractivity contribution < 1.29 is 22.8 Å². The van der Waals surface area contributed by atoms with E-state index in [4.69, 9.17) is 5.73 Å². The predicted octanol–water partition coefficient (Wildman–Crippen LogP) is 4.14. The summed E-state index contributed by atoms with van der Waals surface area (Å²) in [6.07, 6.45) is -3.45. The summed E-state index contributed by atoms with van der Waals surface area (Å²) in [5.41, 5.74) is 5.84. The molecule has 0 fully saturated rings. The zero-order chi connectivity index (χ0) is 24.4. The summed E-state index contributed by atoms with van der Waals surface area (Å²) >= 11 is 0. The van der Waals surface area contributed by atoms with Crippen molar-refractivity contribution in [2.75, 3.05) is 16.8 Å². The topological polar surface area (TPSA) is 90.4 Å². The van der Waals surface area contributed by atoms with Gasteiger partial charge in [0.25, 0.3) is 0 Å². The molecule has 1 unspecified atom stereocenters. The number of nitrogens with zero attached hydrogens (tertiary/aromatic N) is 3. The van der Waals surface area contributed by atoms with E-state index in [1.54, 1.807) is 31.3 Å². The van der Waals surface area contributed by atoms with Crippen LogP contribution in [0.25, 0.3) is 0 Å². The molecule has 0 saturated carbocycles. The van der Waals surface area contributed by atoms with E-state index in [1.807, 2.05) is 0 Å². The number of likely N-dealkylation sites (N-methyl/N-ethyl adjacent to an activating group) is 1. The number of ketones is 1.